The highest BCUT2D eigenvalue weighted by Crippen LogP contribution is 2.18. The van der Waals surface area contributed by atoms with Gasteiger partial charge in [-0.3, -0.25) is 4.79 Å². The number of carbonyl (C=O) groups excluding carboxylic acids is 1. The van der Waals surface area contributed by atoms with Crippen molar-refractivity contribution in [2.24, 2.45) is 5.92 Å². The Morgan fingerprint density at radius 2 is 2.26 bits per heavy atom. The van der Waals surface area contributed by atoms with Gasteiger partial charge in [0.2, 0.25) is 0 Å². The molecule has 0 aromatic carbocycles. The zero-order valence-corrected chi connectivity index (χ0v) is 11.4. The average Bonchev–Trinajstić information content (AvgIpc) is 2.46. The molecule has 4 nitrogen and oxygen atoms in total. The van der Waals surface area contributed by atoms with Crippen LogP contribution in [0.15, 0.2) is 31.0 Å². The van der Waals surface area contributed by atoms with Gasteiger partial charge in [-0.05, 0) is 30.9 Å². The Balaban J connectivity index is 1.97. The Bertz CT molecular complexity index is 433. The molecule has 0 unspecified atom stereocenters. The lowest BCUT2D eigenvalue weighted by atomic mass is 9.99. The lowest BCUT2D eigenvalue weighted by Gasteiger charge is -2.30. The molecular weight excluding hydrogens is 238 g/mol. The Hall–Kier alpha value is -1.84. The van der Waals surface area contributed by atoms with E-state index in [0.29, 0.717) is 12.2 Å². The summed E-state index contributed by atoms with van der Waals surface area (Å²) in [7, 11) is 0. The van der Waals surface area contributed by atoms with E-state index in [1.54, 1.807) is 18.3 Å². The minimum atomic E-state index is 0.0437. The first-order valence-electron chi connectivity index (χ1n) is 6.81. The molecule has 4 heteroatoms. The highest BCUT2D eigenvalue weighted by molar-refractivity contribution is 5.92. The van der Waals surface area contributed by atoms with Crippen LogP contribution >= 0.6 is 0 Å². The second-order valence-corrected chi connectivity index (χ2v) is 5.08. The molecule has 1 aliphatic rings. The lowest BCUT2D eigenvalue weighted by Crippen LogP contribution is -2.38. The van der Waals surface area contributed by atoms with Gasteiger partial charge in [0.05, 0.1) is 11.9 Å². The molecule has 1 saturated heterocycles. The number of nitrogens with one attached hydrogen (secondary N) is 1. The first-order chi connectivity index (χ1) is 9.20. The van der Waals surface area contributed by atoms with Crippen LogP contribution in [0.1, 0.15) is 30.3 Å². The van der Waals surface area contributed by atoms with E-state index in [-0.39, 0.29) is 5.91 Å². The number of anilines is 1. The van der Waals surface area contributed by atoms with E-state index in [9.17, 15) is 4.79 Å². The molecule has 1 aliphatic heterocycles. The summed E-state index contributed by atoms with van der Waals surface area (Å²) in [4.78, 5) is 18.4. The van der Waals surface area contributed by atoms with Crippen LogP contribution in [0.4, 0.5) is 5.69 Å². The van der Waals surface area contributed by atoms with Crippen molar-refractivity contribution < 1.29 is 4.79 Å². The second kappa shape index (κ2) is 6.36. The summed E-state index contributed by atoms with van der Waals surface area (Å²) >= 11 is 0. The van der Waals surface area contributed by atoms with Crippen LogP contribution in [-0.4, -0.2) is 35.4 Å². The highest BCUT2D eigenvalue weighted by Gasteiger charge is 2.21. The summed E-state index contributed by atoms with van der Waals surface area (Å²) in [5.41, 5.74) is 1.43. The predicted octanol–water partition coefficient (Wildman–Crippen LogP) is 2.55. The molecule has 1 aromatic rings. The molecule has 0 atom stereocenters. The number of hydrogen-bond donors (Lipinski definition) is 1. The zero-order valence-electron chi connectivity index (χ0n) is 11.4. The number of hydrogen-bond acceptors (Lipinski definition) is 3. The molecule has 0 radical (unpaired) electrons. The molecule has 0 saturated carbocycles. The lowest BCUT2D eigenvalue weighted by molar-refractivity contribution is 0.0691. The van der Waals surface area contributed by atoms with Crippen molar-refractivity contribution in [3.63, 3.8) is 0 Å². The van der Waals surface area contributed by atoms with Crippen molar-refractivity contribution in [3.8, 4) is 0 Å². The van der Waals surface area contributed by atoms with Gasteiger partial charge < -0.3 is 10.2 Å². The van der Waals surface area contributed by atoms with Gasteiger partial charge in [0.1, 0.15) is 5.69 Å². The van der Waals surface area contributed by atoms with E-state index < -0.39 is 0 Å². The molecule has 102 valence electrons. The molecule has 0 spiro atoms. The Morgan fingerprint density at radius 3 is 2.84 bits per heavy atom. The first-order valence-corrected chi connectivity index (χ1v) is 6.81. The number of rotatable bonds is 4. The van der Waals surface area contributed by atoms with E-state index in [0.717, 1.165) is 37.5 Å². The van der Waals surface area contributed by atoms with Gasteiger partial charge in [0.25, 0.3) is 5.91 Å². The summed E-state index contributed by atoms with van der Waals surface area (Å²) in [6.45, 7) is 8.27. The van der Waals surface area contributed by atoms with Crippen LogP contribution in [0.25, 0.3) is 0 Å². The topological polar surface area (TPSA) is 45.2 Å². The van der Waals surface area contributed by atoms with Gasteiger partial charge >= 0.3 is 0 Å². The van der Waals surface area contributed by atoms with Gasteiger partial charge in [-0.2, -0.15) is 0 Å². The number of aromatic nitrogens is 1. The molecular formula is C15H21N3O. The fraction of sp³-hybridized carbons (Fsp3) is 0.467. The largest absolute Gasteiger partial charge is 0.380 e. The van der Waals surface area contributed by atoms with E-state index in [1.807, 2.05) is 11.0 Å². The molecule has 0 bridgehead atoms. The molecule has 0 aliphatic carbocycles. The van der Waals surface area contributed by atoms with Crippen LogP contribution in [-0.2, 0) is 0 Å². The molecule has 1 amide bonds. The summed E-state index contributed by atoms with van der Waals surface area (Å²) in [5.74, 6) is 0.768. The fourth-order valence-corrected chi connectivity index (χ4v) is 2.19. The summed E-state index contributed by atoms with van der Waals surface area (Å²) in [6, 6.07) is 3.67. The van der Waals surface area contributed by atoms with Crippen LogP contribution in [0.2, 0.25) is 0 Å². The average molecular weight is 259 g/mol. The van der Waals surface area contributed by atoms with Gasteiger partial charge in [-0.1, -0.05) is 13.0 Å². The van der Waals surface area contributed by atoms with Crippen molar-refractivity contribution in [2.75, 3.05) is 25.0 Å². The predicted molar refractivity (Wildman–Crippen MR) is 77.2 cm³/mol. The minimum absolute atomic E-state index is 0.0437. The van der Waals surface area contributed by atoms with E-state index in [1.165, 1.54) is 0 Å². The molecule has 2 rings (SSSR count). The Kier molecular flexibility index (Phi) is 4.55. The summed E-state index contributed by atoms with van der Waals surface area (Å²) in [6.07, 6.45) is 5.66. The van der Waals surface area contributed by atoms with E-state index in [2.05, 4.69) is 23.8 Å². The molecule has 19 heavy (non-hydrogen) atoms. The van der Waals surface area contributed by atoms with Gasteiger partial charge in [0.15, 0.2) is 0 Å². The van der Waals surface area contributed by atoms with Crippen molar-refractivity contribution in [1.82, 2.24) is 9.88 Å². The van der Waals surface area contributed by atoms with Crippen LogP contribution in [0, 0.1) is 5.92 Å². The second-order valence-electron chi connectivity index (χ2n) is 5.08. The van der Waals surface area contributed by atoms with Crippen molar-refractivity contribution >= 4 is 11.6 Å². The highest BCUT2D eigenvalue weighted by atomic mass is 16.2. The van der Waals surface area contributed by atoms with E-state index >= 15 is 0 Å². The standard InChI is InChI=1S/C15H21N3O/c1-3-8-16-13-4-5-14(17-11-13)15(19)18-9-6-12(2)7-10-18/h3-5,11-12,16H,1,6-10H2,2H3. The van der Waals surface area contributed by atoms with Crippen molar-refractivity contribution in [1.29, 1.82) is 0 Å². The minimum Gasteiger partial charge on any atom is -0.380 e. The third-order valence-electron chi connectivity index (χ3n) is 3.50. The number of nitrogens with zero attached hydrogens (tertiary/aromatic N) is 2. The Morgan fingerprint density at radius 1 is 1.53 bits per heavy atom. The smallest absolute Gasteiger partial charge is 0.272 e. The maximum Gasteiger partial charge on any atom is 0.272 e. The maximum atomic E-state index is 12.3. The van der Waals surface area contributed by atoms with Gasteiger partial charge in [-0.15, -0.1) is 6.58 Å². The molecule has 2 heterocycles. The monoisotopic (exact) mass is 259 g/mol. The third kappa shape index (κ3) is 3.56. The van der Waals surface area contributed by atoms with Crippen molar-refractivity contribution in [2.45, 2.75) is 19.8 Å². The van der Waals surface area contributed by atoms with Gasteiger partial charge in [-0.25, -0.2) is 4.98 Å². The zero-order chi connectivity index (χ0) is 13.7. The normalized spacial score (nSPS) is 16.2. The fourth-order valence-electron chi connectivity index (χ4n) is 2.19. The molecule has 1 aromatic heterocycles. The number of carbonyl (C=O) groups is 1. The van der Waals surface area contributed by atoms with Crippen molar-refractivity contribution in [3.05, 3.63) is 36.7 Å². The maximum absolute atomic E-state index is 12.3. The Labute approximate surface area is 114 Å². The molecule has 1 N–H and O–H groups in total. The number of likely N-dealkylation sites (tertiary alicyclic amines) is 1. The summed E-state index contributed by atoms with van der Waals surface area (Å²) in [5, 5.41) is 3.14. The van der Waals surface area contributed by atoms with Gasteiger partial charge in [0, 0.05) is 19.6 Å². The molecule has 1 fully saturated rings. The van der Waals surface area contributed by atoms with Crippen LogP contribution < -0.4 is 5.32 Å². The van der Waals surface area contributed by atoms with Crippen LogP contribution in [0.5, 0.6) is 0 Å². The van der Waals surface area contributed by atoms with E-state index in [4.69, 9.17) is 0 Å². The SMILES string of the molecule is C=CCNc1ccc(C(=O)N2CCC(C)CC2)nc1. The number of amides is 1. The quantitative estimate of drug-likeness (QED) is 0.845. The van der Waals surface area contributed by atoms with Crippen LogP contribution in [0.3, 0.4) is 0 Å². The number of pyridine rings is 1. The first kappa shape index (κ1) is 13.6. The third-order valence-corrected chi connectivity index (χ3v) is 3.50. The summed E-state index contributed by atoms with van der Waals surface area (Å²) < 4.78 is 0. The number of piperidine rings is 1.